The molecule has 1 aromatic heterocycles. The van der Waals surface area contributed by atoms with Gasteiger partial charge in [0.2, 0.25) is 0 Å². The van der Waals surface area contributed by atoms with E-state index in [2.05, 4.69) is 10.5 Å². The maximum atomic E-state index is 12.7. The van der Waals surface area contributed by atoms with Gasteiger partial charge < -0.3 is 19.5 Å². The first-order chi connectivity index (χ1) is 16.2. The predicted molar refractivity (Wildman–Crippen MR) is 129 cm³/mol. The van der Waals surface area contributed by atoms with Gasteiger partial charge in [-0.2, -0.15) is 0 Å². The lowest BCUT2D eigenvalue weighted by atomic mass is 9.80. The standard InChI is InChI=1S/C26H30N2O5S/c1-16(2)26(30,23-14-17(3)33-28-23)22-12-10-21(11-13-22)25(29)27-15-18-4-6-19(7-5-18)24(34(31)32)20-8-9-20/h4-7,10-14,16,20,24,30H,8-9,15H2,1-3H3,(H,27,29)(H,31,32). The summed E-state index contributed by atoms with van der Waals surface area (Å²) >= 11 is -1.88. The summed E-state index contributed by atoms with van der Waals surface area (Å²) in [5.74, 6) is 0.502. The van der Waals surface area contributed by atoms with E-state index in [-0.39, 0.29) is 23.0 Å². The molecule has 1 fully saturated rings. The number of nitrogens with one attached hydrogen (secondary N) is 1. The Bertz CT molecular complexity index is 1170. The number of hydrogen-bond acceptors (Lipinski definition) is 5. The summed E-state index contributed by atoms with van der Waals surface area (Å²) in [7, 11) is 0. The van der Waals surface area contributed by atoms with Gasteiger partial charge in [0.25, 0.3) is 5.91 Å². The van der Waals surface area contributed by atoms with Gasteiger partial charge in [-0.15, -0.1) is 0 Å². The molecule has 0 aliphatic heterocycles. The van der Waals surface area contributed by atoms with E-state index in [1.807, 2.05) is 38.1 Å². The first-order valence-corrected chi connectivity index (χ1v) is 12.6. The van der Waals surface area contributed by atoms with Crippen LogP contribution in [0, 0.1) is 18.8 Å². The van der Waals surface area contributed by atoms with Crippen molar-refractivity contribution in [2.24, 2.45) is 11.8 Å². The van der Waals surface area contributed by atoms with Gasteiger partial charge in [0.05, 0.1) is 5.25 Å². The van der Waals surface area contributed by atoms with Crippen molar-refractivity contribution in [3.8, 4) is 0 Å². The van der Waals surface area contributed by atoms with Crippen LogP contribution in [0.25, 0.3) is 0 Å². The molecular weight excluding hydrogens is 452 g/mol. The summed E-state index contributed by atoms with van der Waals surface area (Å²) in [4.78, 5) is 12.7. The number of nitrogens with zero attached hydrogens (tertiary/aromatic N) is 1. The molecule has 34 heavy (non-hydrogen) atoms. The van der Waals surface area contributed by atoms with Crippen molar-refractivity contribution in [2.45, 2.75) is 51.0 Å². The Morgan fingerprint density at radius 3 is 2.32 bits per heavy atom. The Hall–Kier alpha value is -2.81. The van der Waals surface area contributed by atoms with Crippen molar-refractivity contribution >= 4 is 17.0 Å². The number of rotatable bonds is 9. The molecule has 1 amide bonds. The summed E-state index contributed by atoms with van der Waals surface area (Å²) in [5.41, 5.74) is 1.98. The van der Waals surface area contributed by atoms with Crippen molar-refractivity contribution in [3.63, 3.8) is 0 Å². The maximum Gasteiger partial charge on any atom is 0.251 e. The topological polar surface area (TPSA) is 113 Å². The summed E-state index contributed by atoms with van der Waals surface area (Å²) < 4.78 is 26.4. The minimum absolute atomic E-state index is 0.164. The molecule has 0 spiro atoms. The van der Waals surface area contributed by atoms with Gasteiger partial charge >= 0.3 is 0 Å². The van der Waals surface area contributed by atoms with Gasteiger partial charge in [-0.05, 0) is 60.4 Å². The number of benzene rings is 2. The van der Waals surface area contributed by atoms with Crippen molar-refractivity contribution in [2.75, 3.05) is 0 Å². The zero-order valence-electron chi connectivity index (χ0n) is 19.5. The molecule has 3 atom stereocenters. The van der Waals surface area contributed by atoms with Crippen LogP contribution in [-0.4, -0.2) is 24.9 Å². The van der Waals surface area contributed by atoms with E-state index >= 15 is 0 Å². The number of aromatic nitrogens is 1. The molecule has 1 saturated carbocycles. The fourth-order valence-corrected chi connectivity index (χ4v) is 5.25. The molecule has 1 aliphatic carbocycles. The quantitative estimate of drug-likeness (QED) is 0.388. The Morgan fingerprint density at radius 1 is 1.18 bits per heavy atom. The lowest BCUT2D eigenvalue weighted by Gasteiger charge is -2.30. The number of aliphatic hydroxyl groups is 1. The van der Waals surface area contributed by atoms with E-state index in [1.54, 1.807) is 37.3 Å². The summed E-state index contributed by atoms with van der Waals surface area (Å²) in [6.07, 6.45) is 1.97. The molecule has 3 unspecified atom stereocenters. The zero-order chi connectivity index (χ0) is 24.5. The fraction of sp³-hybridized carbons (Fsp3) is 0.385. The van der Waals surface area contributed by atoms with Gasteiger partial charge in [-0.3, -0.25) is 4.79 Å². The van der Waals surface area contributed by atoms with E-state index in [0.717, 1.165) is 24.0 Å². The molecule has 8 heteroatoms. The summed E-state index contributed by atoms with van der Waals surface area (Å²) in [6, 6.07) is 16.1. The molecule has 1 aliphatic rings. The fourth-order valence-electron chi connectivity index (χ4n) is 4.26. The zero-order valence-corrected chi connectivity index (χ0v) is 20.3. The van der Waals surface area contributed by atoms with Crippen molar-refractivity contribution in [3.05, 3.63) is 88.3 Å². The molecule has 3 N–H and O–H groups in total. The first-order valence-electron chi connectivity index (χ1n) is 11.4. The molecule has 7 nitrogen and oxygen atoms in total. The van der Waals surface area contributed by atoms with Gasteiger partial charge in [-0.1, -0.05) is 55.4 Å². The number of aryl methyl sites for hydroxylation is 1. The van der Waals surface area contributed by atoms with Gasteiger partial charge in [0, 0.05) is 18.2 Å². The van der Waals surface area contributed by atoms with Gasteiger partial charge in [0.15, 0.2) is 11.1 Å². The Kier molecular flexibility index (Phi) is 7.02. The van der Waals surface area contributed by atoms with Crippen molar-refractivity contribution in [1.29, 1.82) is 0 Å². The van der Waals surface area contributed by atoms with Crippen LogP contribution in [-0.2, 0) is 23.2 Å². The lowest BCUT2D eigenvalue weighted by molar-refractivity contribution is 0.0246. The highest BCUT2D eigenvalue weighted by Gasteiger charge is 2.38. The Morgan fingerprint density at radius 2 is 1.82 bits per heavy atom. The largest absolute Gasteiger partial charge is 0.378 e. The molecule has 1 heterocycles. The molecule has 0 bridgehead atoms. The number of hydrogen-bond donors (Lipinski definition) is 3. The molecule has 0 radical (unpaired) electrons. The number of carbonyl (C=O) groups excluding carboxylic acids is 1. The second-order valence-corrected chi connectivity index (χ2v) is 10.3. The van der Waals surface area contributed by atoms with Crippen LogP contribution in [0.3, 0.4) is 0 Å². The Labute approximate surface area is 201 Å². The van der Waals surface area contributed by atoms with Crippen molar-refractivity contribution in [1.82, 2.24) is 10.5 Å². The number of carbonyl (C=O) groups is 1. The van der Waals surface area contributed by atoms with Crippen LogP contribution in [0.5, 0.6) is 0 Å². The lowest BCUT2D eigenvalue weighted by Crippen LogP contribution is -2.34. The third-order valence-electron chi connectivity index (χ3n) is 6.47. The van der Waals surface area contributed by atoms with Crippen LogP contribution in [0.2, 0.25) is 0 Å². The first kappa shape index (κ1) is 24.3. The summed E-state index contributed by atoms with van der Waals surface area (Å²) in [5, 5.41) is 18.0. The SMILES string of the molecule is Cc1cc(C(O)(c2ccc(C(=O)NCc3ccc(C(C4CC4)S(=O)O)cc3)cc2)C(C)C)no1. The van der Waals surface area contributed by atoms with E-state index in [4.69, 9.17) is 4.52 Å². The third-order valence-corrected chi connectivity index (χ3v) is 7.56. The second-order valence-electron chi connectivity index (χ2n) is 9.28. The molecule has 180 valence electrons. The van der Waals surface area contributed by atoms with E-state index in [1.165, 1.54) is 0 Å². The predicted octanol–water partition coefficient (Wildman–Crippen LogP) is 4.48. The van der Waals surface area contributed by atoms with Crippen LogP contribution >= 0.6 is 0 Å². The molecular formula is C26H30N2O5S. The average Bonchev–Trinajstić information content (AvgIpc) is 3.55. The third kappa shape index (κ3) is 4.99. The van der Waals surface area contributed by atoms with E-state index in [9.17, 15) is 18.7 Å². The van der Waals surface area contributed by atoms with E-state index in [0.29, 0.717) is 29.1 Å². The normalized spacial score (nSPS) is 17.2. The minimum Gasteiger partial charge on any atom is -0.378 e. The van der Waals surface area contributed by atoms with E-state index < -0.39 is 16.7 Å². The Balaban J connectivity index is 1.41. The molecule has 3 aromatic rings. The van der Waals surface area contributed by atoms with Crippen LogP contribution in [0.4, 0.5) is 0 Å². The highest BCUT2D eigenvalue weighted by Crippen LogP contribution is 2.44. The molecule has 0 saturated heterocycles. The monoisotopic (exact) mass is 482 g/mol. The number of amides is 1. The molecule has 4 rings (SSSR count). The van der Waals surface area contributed by atoms with Crippen LogP contribution < -0.4 is 5.32 Å². The van der Waals surface area contributed by atoms with Gasteiger partial charge in [0.1, 0.15) is 17.1 Å². The van der Waals surface area contributed by atoms with Gasteiger partial charge in [-0.25, -0.2) is 4.21 Å². The minimum atomic E-state index is -1.88. The molecule has 2 aromatic carbocycles. The van der Waals surface area contributed by atoms with Crippen LogP contribution in [0.15, 0.2) is 59.1 Å². The smallest absolute Gasteiger partial charge is 0.251 e. The van der Waals surface area contributed by atoms with Crippen molar-refractivity contribution < 1.29 is 23.2 Å². The highest BCUT2D eigenvalue weighted by molar-refractivity contribution is 7.79. The maximum absolute atomic E-state index is 12.7. The average molecular weight is 483 g/mol. The second kappa shape index (κ2) is 9.82. The highest BCUT2D eigenvalue weighted by atomic mass is 32.2. The van der Waals surface area contributed by atoms with Crippen LogP contribution in [0.1, 0.15) is 70.4 Å². The summed E-state index contributed by atoms with van der Waals surface area (Å²) in [6.45, 7) is 5.92.